The number of rotatable bonds is 3. The van der Waals surface area contributed by atoms with Gasteiger partial charge < -0.3 is 9.32 Å². The molecule has 1 fully saturated rings. The molecular formula is C24H22N4O3. The van der Waals surface area contributed by atoms with Crippen LogP contribution in [0.4, 0.5) is 0 Å². The monoisotopic (exact) mass is 414 g/mol. The number of hydrogen-bond donors (Lipinski definition) is 0. The fourth-order valence-corrected chi connectivity index (χ4v) is 4.14. The van der Waals surface area contributed by atoms with Crippen LogP contribution in [0.15, 0.2) is 70.3 Å². The predicted molar refractivity (Wildman–Crippen MR) is 116 cm³/mol. The second kappa shape index (κ2) is 7.83. The zero-order chi connectivity index (χ0) is 21.4. The Bertz CT molecular complexity index is 1270. The van der Waals surface area contributed by atoms with Crippen molar-refractivity contribution in [1.82, 2.24) is 19.4 Å². The van der Waals surface area contributed by atoms with Gasteiger partial charge in [0.05, 0.1) is 11.9 Å². The van der Waals surface area contributed by atoms with E-state index in [0.29, 0.717) is 24.3 Å². The molecule has 4 heterocycles. The Balaban J connectivity index is 1.36. The average Bonchev–Trinajstić information content (AvgIpc) is 3.24. The summed E-state index contributed by atoms with van der Waals surface area (Å²) in [5, 5.41) is 0. The van der Waals surface area contributed by atoms with Crippen LogP contribution in [0.5, 0.6) is 0 Å². The molecule has 31 heavy (non-hydrogen) atoms. The number of piperidine rings is 1. The molecule has 0 aliphatic carbocycles. The van der Waals surface area contributed by atoms with E-state index in [1.165, 1.54) is 4.57 Å². The van der Waals surface area contributed by atoms with Crippen LogP contribution in [-0.4, -0.2) is 38.4 Å². The highest BCUT2D eigenvalue weighted by Crippen LogP contribution is 2.30. The molecule has 1 aromatic carbocycles. The molecule has 0 spiro atoms. The molecule has 7 heteroatoms. The normalized spacial score (nSPS) is 14.8. The topological polar surface area (TPSA) is 81.2 Å². The molecule has 0 saturated carbocycles. The summed E-state index contributed by atoms with van der Waals surface area (Å²) in [4.78, 5) is 36.8. The van der Waals surface area contributed by atoms with E-state index in [-0.39, 0.29) is 22.9 Å². The fourth-order valence-electron chi connectivity index (χ4n) is 4.14. The highest BCUT2D eigenvalue weighted by atomic mass is 16.3. The van der Waals surface area contributed by atoms with Gasteiger partial charge in [0.1, 0.15) is 11.1 Å². The maximum absolute atomic E-state index is 13.3. The molecule has 4 aromatic rings. The van der Waals surface area contributed by atoms with Crippen molar-refractivity contribution in [3.05, 3.63) is 88.4 Å². The van der Waals surface area contributed by atoms with Crippen molar-refractivity contribution < 1.29 is 9.21 Å². The minimum atomic E-state index is -0.320. The standard InChI is InChI=1S/C24H22N4O3/c1-16-8-14-28(18-5-4-11-25-15-18)24(30)21(16)23(29)27-12-9-17(10-13-27)22-26-19-6-2-3-7-20(19)31-22/h2-8,11,14-15,17H,9-10,12-13H2,1H3. The third kappa shape index (κ3) is 3.52. The number of likely N-dealkylation sites (tertiary alicyclic amines) is 1. The summed E-state index contributed by atoms with van der Waals surface area (Å²) in [6, 6.07) is 13.1. The number of aromatic nitrogens is 3. The van der Waals surface area contributed by atoms with Gasteiger partial charge in [-0.2, -0.15) is 0 Å². The predicted octanol–water partition coefficient (Wildman–Crippen LogP) is 3.70. The summed E-state index contributed by atoms with van der Waals surface area (Å²) in [6.07, 6.45) is 6.44. The quantitative estimate of drug-likeness (QED) is 0.511. The Labute approximate surface area is 179 Å². The lowest BCUT2D eigenvalue weighted by Gasteiger charge is -2.31. The Morgan fingerprint density at radius 2 is 1.90 bits per heavy atom. The van der Waals surface area contributed by atoms with Gasteiger partial charge >= 0.3 is 0 Å². The second-order valence-electron chi connectivity index (χ2n) is 7.85. The van der Waals surface area contributed by atoms with Crippen molar-refractivity contribution in [1.29, 1.82) is 0 Å². The van der Waals surface area contributed by atoms with Crippen LogP contribution >= 0.6 is 0 Å². The Morgan fingerprint density at radius 1 is 1.10 bits per heavy atom. The highest BCUT2D eigenvalue weighted by Gasteiger charge is 2.29. The van der Waals surface area contributed by atoms with Crippen LogP contribution in [0.2, 0.25) is 0 Å². The molecule has 156 valence electrons. The van der Waals surface area contributed by atoms with E-state index in [2.05, 4.69) is 9.97 Å². The minimum absolute atomic E-state index is 0.167. The third-order valence-corrected chi connectivity index (χ3v) is 5.88. The molecule has 1 aliphatic heterocycles. The van der Waals surface area contributed by atoms with E-state index in [9.17, 15) is 9.59 Å². The molecule has 0 radical (unpaired) electrons. The van der Waals surface area contributed by atoms with Crippen LogP contribution in [0.25, 0.3) is 16.8 Å². The van der Waals surface area contributed by atoms with Crippen molar-refractivity contribution in [2.24, 2.45) is 0 Å². The molecule has 1 amide bonds. The number of para-hydroxylation sites is 2. The molecule has 0 bridgehead atoms. The first-order chi connectivity index (χ1) is 15.1. The molecule has 5 rings (SSSR count). The van der Waals surface area contributed by atoms with Gasteiger partial charge in [0, 0.05) is 31.4 Å². The number of carbonyl (C=O) groups is 1. The Kier molecular flexibility index (Phi) is 4.86. The highest BCUT2D eigenvalue weighted by molar-refractivity contribution is 5.95. The third-order valence-electron chi connectivity index (χ3n) is 5.88. The number of amides is 1. The lowest BCUT2D eigenvalue weighted by molar-refractivity contribution is 0.0704. The molecule has 1 saturated heterocycles. The van der Waals surface area contributed by atoms with Crippen LogP contribution in [0, 0.1) is 6.92 Å². The molecule has 1 aliphatic rings. The van der Waals surface area contributed by atoms with Gasteiger partial charge in [-0.05, 0) is 55.7 Å². The summed E-state index contributed by atoms with van der Waals surface area (Å²) in [5.74, 6) is 0.667. The van der Waals surface area contributed by atoms with E-state index in [1.807, 2.05) is 24.3 Å². The van der Waals surface area contributed by atoms with E-state index < -0.39 is 0 Å². The summed E-state index contributed by atoms with van der Waals surface area (Å²) in [5.41, 5.74) is 2.84. The SMILES string of the molecule is Cc1ccn(-c2cccnc2)c(=O)c1C(=O)N1CCC(c2nc3ccccc3o2)CC1. The van der Waals surface area contributed by atoms with Crippen molar-refractivity contribution in [3.8, 4) is 5.69 Å². The van der Waals surface area contributed by atoms with Crippen molar-refractivity contribution in [2.75, 3.05) is 13.1 Å². The number of oxazole rings is 1. The lowest BCUT2D eigenvalue weighted by atomic mass is 9.96. The Hall–Kier alpha value is -3.74. The maximum atomic E-state index is 13.3. The number of fused-ring (bicyclic) bond motifs is 1. The van der Waals surface area contributed by atoms with Crippen LogP contribution in [0.1, 0.15) is 40.6 Å². The lowest BCUT2D eigenvalue weighted by Crippen LogP contribution is -2.41. The van der Waals surface area contributed by atoms with E-state index >= 15 is 0 Å². The molecular weight excluding hydrogens is 392 g/mol. The zero-order valence-corrected chi connectivity index (χ0v) is 17.2. The van der Waals surface area contributed by atoms with Gasteiger partial charge in [-0.1, -0.05) is 12.1 Å². The minimum Gasteiger partial charge on any atom is -0.440 e. The van der Waals surface area contributed by atoms with Crippen LogP contribution < -0.4 is 5.56 Å². The molecule has 0 atom stereocenters. The van der Waals surface area contributed by atoms with Gasteiger partial charge in [-0.25, -0.2) is 4.98 Å². The number of nitrogens with zero attached hydrogens (tertiary/aromatic N) is 4. The van der Waals surface area contributed by atoms with E-state index in [0.717, 1.165) is 29.8 Å². The van der Waals surface area contributed by atoms with Gasteiger partial charge in [0.2, 0.25) is 0 Å². The van der Waals surface area contributed by atoms with Crippen molar-refractivity contribution in [2.45, 2.75) is 25.7 Å². The number of pyridine rings is 2. The van der Waals surface area contributed by atoms with Crippen LogP contribution in [-0.2, 0) is 0 Å². The first kappa shape index (κ1) is 19.2. The molecule has 3 aromatic heterocycles. The Morgan fingerprint density at radius 3 is 2.65 bits per heavy atom. The largest absolute Gasteiger partial charge is 0.440 e. The summed E-state index contributed by atoms with van der Waals surface area (Å²) in [7, 11) is 0. The number of hydrogen-bond acceptors (Lipinski definition) is 5. The van der Waals surface area contributed by atoms with Crippen LogP contribution in [0.3, 0.4) is 0 Å². The first-order valence-corrected chi connectivity index (χ1v) is 10.4. The first-order valence-electron chi connectivity index (χ1n) is 10.4. The molecule has 0 N–H and O–H groups in total. The molecule has 0 unspecified atom stereocenters. The summed E-state index contributed by atoms with van der Waals surface area (Å²) < 4.78 is 7.39. The number of benzene rings is 1. The van der Waals surface area contributed by atoms with Gasteiger partial charge in [-0.15, -0.1) is 0 Å². The smallest absolute Gasteiger partial charge is 0.268 e. The second-order valence-corrected chi connectivity index (χ2v) is 7.85. The van der Waals surface area contributed by atoms with Gasteiger partial charge in [-0.3, -0.25) is 19.1 Å². The number of carbonyl (C=O) groups excluding carboxylic acids is 1. The maximum Gasteiger partial charge on any atom is 0.268 e. The van der Waals surface area contributed by atoms with Gasteiger partial charge in [0.25, 0.3) is 11.5 Å². The zero-order valence-electron chi connectivity index (χ0n) is 17.2. The van der Waals surface area contributed by atoms with E-state index in [1.54, 1.807) is 48.6 Å². The average molecular weight is 414 g/mol. The molecule has 7 nitrogen and oxygen atoms in total. The fraction of sp³-hybridized carbons (Fsp3) is 0.250. The van der Waals surface area contributed by atoms with Gasteiger partial charge in [0.15, 0.2) is 11.5 Å². The summed E-state index contributed by atoms with van der Waals surface area (Å²) in [6.45, 7) is 2.92. The summed E-state index contributed by atoms with van der Waals surface area (Å²) >= 11 is 0. The van der Waals surface area contributed by atoms with Crippen molar-refractivity contribution >= 4 is 17.0 Å². The van der Waals surface area contributed by atoms with Crippen molar-refractivity contribution in [3.63, 3.8) is 0 Å². The number of aryl methyl sites for hydroxylation is 1. The van der Waals surface area contributed by atoms with E-state index in [4.69, 9.17) is 4.42 Å².